The number of aliphatic hydroxyl groups is 2. The standard InChI is InChI=1S/C23H35NO3/c25-7-6-24(14-18-4-2-1-3-5-18)15-22(26)16-27-17-23-11-19-8-20(12-23)10-21(9-19)13-23/h1-5,19-22,25-26H,6-17H2/t19?,20?,21?,22-,23?/m1/s1. The van der Waals surface area contributed by atoms with Gasteiger partial charge in [0.05, 0.1) is 25.9 Å². The van der Waals surface area contributed by atoms with Crippen LogP contribution in [-0.4, -0.2) is 54.1 Å². The Labute approximate surface area is 163 Å². The number of ether oxygens (including phenoxy) is 1. The van der Waals surface area contributed by atoms with Gasteiger partial charge in [0, 0.05) is 19.6 Å². The van der Waals surface area contributed by atoms with Crippen molar-refractivity contribution in [3.63, 3.8) is 0 Å². The maximum Gasteiger partial charge on any atom is 0.0900 e. The van der Waals surface area contributed by atoms with Crippen molar-refractivity contribution < 1.29 is 14.9 Å². The van der Waals surface area contributed by atoms with Crippen LogP contribution in [0, 0.1) is 23.2 Å². The van der Waals surface area contributed by atoms with Crippen molar-refractivity contribution in [2.75, 3.05) is 32.9 Å². The molecule has 0 aromatic heterocycles. The average molecular weight is 374 g/mol. The van der Waals surface area contributed by atoms with E-state index in [2.05, 4.69) is 17.0 Å². The Hall–Kier alpha value is -0.940. The van der Waals surface area contributed by atoms with Gasteiger partial charge in [0.25, 0.3) is 0 Å². The van der Waals surface area contributed by atoms with Crippen LogP contribution in [0.1, 0.15) is 44.1 Å². The van der Waals surface area contributed by atoms with Crippen LogP contribution in [0.5, 0.6) is 0 Å². The summed E-state index contributed by atoms with van der Waals surface area (Å²) in [5.41, 5.74) is 1.61. The molecular weight excluding hydrogens is 338 g/mol. The third-order valence-electron chi connectivity index (χ3n) is 7.02. The first-order valence-corrected chi connectivity index (χ1v) is 10.8. The number of hydrogen-bond acceptors (Lipinski definition) is 4. The highest BCUT2D eigenvalue weighted by molar-refractivity contribution is 5.14. The first-order valence-electron chi connectivity index (χ1n) is 10.8. The lowest BCUT2D eigenvalue weighted by Gasteiger charge is -2.56. The average Bonchev–Trinajstić information content (AvgIpc) is 2.61. The molecule has 2 N–H and O–H groups in total. The third-order valence-corrected chi connectivity index (χ3v) is 7.02. The van der Waals surface area contributed by atoms with Gasteiger partial charge >= 0.3 is 0 Å². The van der Waals surface area contributed by atoms with Crippen molar-refractivity contribution in [1.82, 2.24) is 4.90 Å². The summed E-state index contributed by atoms with van der Waals surface area (Å²) in [6.45, 7) is 3.18. The van der Waals surface area contributed by atoms with Crippen LogP contribution < -0.4 is 0 Å². The van der Waals surface area contributed by atoms with E-state index in [9.17, 15) is 10.2 Å². The quantitative estimate of drug-likeness (QED) is 0.662. The monoisotopic (exact) mass is 373 g/mol. The van der Waals surface area contributed by atoms with E-state index < -0.39 is 6.10 Å². The van der Waals surface area contributed by atoms with E-state index in [-0.39, 0.29) is 6.61 Å². The number of aliphatic hydroxyl groups excluding tert-OH is 2. The smallest absolute Gasteiger partial charge is 0.0900 e. The first-order chi connectivity index (χ1) is 13.1. The molecule has 4 aliphatic carbocycles. The van der Waals surface area contributed by atoms with Crippen LogP contribution in [0.15, 0.2) is 30.3 Å². The Morgan fingerprint density at radius 1 is 1.04 bits per heavy atom. The molecule has 5 rings (SSSR count). The van der Waals surface area contributed by atoms with Crippen LogP contribution >= 0.6 is 0 Å². The topological polar surface area (TPSA) is 52.9 Å². The van der Waals surface area contributed by atoms with E-state index in [1.54, 1.807) is 0 Å². The first kappa shape index (κ1) is 19.4. The van der Waals surface area contributed by atoms with Crippen molar-refractivity contribution >= 4 is 0 Å². The van der Waals surface area contributed by atoms with Gasteiger partial charge in [-0.1, -0.05) is 30.3 Å². The van der Waals surface area contributed by atoms with Gasteiger partial charge in [-0.3, -0.25) is 4.90 Å². The molecule has 0 saturated heterocycles. The molecule has 150 valence electrons. The maximum atomic E-state index is 10.5. The number of hydrogen-bond donors (Lipinski definition) is 2. The Bertz CT molecular complexity index is 555. The van der Waals surface area contributed by atoms with Gasteiger partial charge in [-0.05, 0) is 67.3 Å². The third kappa shape index (κ3) is 4.92. The lowest BCUT2D eigenvalue weighted by Crippen LogP contribution is -2.48. The molecule has 4 bridgehead atoms. The molecule has 0 radical (unpaired) electrons. The van der Waals surface area contributed by atoms with Gasteiger partial charge < -0.3 is 14.9 Å². The molecule has 1 atom stereocenters. The second kappa shape index (κ2) is 8.60. The highest BCUT2D eigenvalue weighted by Crippen LogP contribution is 2.60. The molecule has 1 aromatic rings. The normalized spacial score (nSPS) is 32.9. The molecule has 0 heterocycles. The molecule has 4 heteroatoms. The molecule has 4 saturated carbocycles. The highest BCUT2D eigenvalue weighted by atomic mass is 16.5. The van der Waals surface area contributed by atoms with Crippen LogP contribution in [-0.2, 0) is 11.3 Å². The molecule has 0 unspecified atom stereocenters. The molecule has 4 nitrogen and oxygen atoms in total. The summed E-state index contributed by atoms with van der Waals surface area (Å²) in [7, 11) is 0. The fraction of sp³-hybridized carbons (Fsp3) is 0.739. The predicted octanol–water partition coefficient (Wildman–Crippen LogP) is 3.07. The summed E-state index contributed by atoms with van der Waals surface area (Å²) in [5.74, 6) is 2.82. The number of rotatable bonds is 10. The van der Waals surface area contributed by atoms with E-state index in [0.717, 1.165) is 30.9 Å². The minimum Gasteiger partial charge on any atom is -0.395 e. The lowest BCUT2D eigenvalue weighted by atomic mass is 9.50. The molecule has 0 aliphatic heterocycles. The van der Waals surface area contributed by atoms with E-state index in [0.29, 0.717) is 25.1 Å². The zero-order chi connectivity index (χ0) is 18.7. The fourth-order valence-electron chi connectivity index (χ4n) is 6.45. The van der Waals surface area contributed by atoms with Crippen LogP contribution in [0.3, 0.4) is 0 Å². The van der Waals surface area contributed by atoms with E-state index in [1.165, 1.54) is 44.1 Å². The minimum atomic E-state index is -0.505. The maximum absolute atomic E-state index is 10.5. The Kier molecular flexibility index (Phi) is 6.18. The SMILES string of the molecule is OCCN(Cc1ccccc1)C[C@@H](O)COCC12CC3CC(CC(C3)C1)C2. The summed E-state index contributed by atoms with van der Waals surface area (Å²) in [6, 6.07) is 10.2. The molecule has 4 fully saturated rings. The molecule has 27 heavy (non-hydrogen) atoms. The number of benzene rings is 1. The van der Waals surface area contributed by atoms with E-state index in [1.807, 2.05) is 18.2 Å². The van der Waals surface area contributed by atoms with Gasteiger partial charge in [0.2, 0.25) is 0 Å². The minimum absolute atomic E-state index is 0.105. The van der Waals surface area contributed by atoms with Crippen molar-refractivity contribution in [2.24, 2.45) is 23.2 Å². The molecule has 0 spiro atoms. The predicted molar refractivity (Wildman–Crippen MR) is 106 cm³/mol. The summed E-state index contributed by atoms with van der Waals surface area (Å²) < 4.78 is 6.07. The van der Waals surface area contributed by atoms with Gasteiger partial charge in [0.15, 0.2) is 0 Å². The Morgan fingerprint density at radius 2 is 1.67 bits per heavy atom. The number of nitrogens with zero attached hydrogens (tertiary/aromatic N) is 1. The van der Waals surface area contributed by atoms with E-state index in [4.69, 9.17) is 4.74 Å². The highest BCUT2D eigenvalue weighted by Gasteiger charge is 2.50. The summed E-state index contributed by atoms with van der Waals surface area (Å²) >= 11 is 0. The van der Waals surface area contributed by atoms with Crippen LogP contribution in [0.4, 0.5) is 0 Å². The zero-order valence-corrected chi connectivity index (χ0v) is 16.4. The van der Waals surface area contributed by atoms with Gasteiger partial charge in [-0.2, -0.15) is 0 Å². The van der Waals surface area contributed by atoms with Crippen molar-refractivity contribution in [3.8, 4) is 0 Å². The van der Waals surface area contributed by atoms with Crippen molar-refractivity contribution in [2.45, 2.75) is 51.2 Å². The second-order valence-corrected chi connectivity index (χ2v) is 9.53. The van der Waals surface area contributed by atoms with Crippen LogP contribution in [0.25, 0.3) is 0 Å². The van der Waals surface area contributed by atoms with Gasteiger partial charge in [-0.15, -0.1) is 0 Å². The van der Waals surface area contributed by atoms with Crippen molar-refractivity contribution in [3.05, 3.63) is 35.9 Å². The molecular formula is C23H35NO3. The molecule has 1 aromatic carbocycles. The van der Waals surface area contributed by atoms with Gasteiger partial charge in [-0.25, -0.2) is 0 Å². The van der Waals surface area contributed by atoms with Crippen LogP contribution in [0.2, 0.25) is 0 Å². The van der Waals surface area contributed by atoms with Gasteiger partial charge in [0.1, 0.15) is 0 Å². The summed E-state index contributed by atoms with van der Waals surface area (Å²) in [5, 5.41) is 19.8. The molecule has 4 aliphatic rings. The Morgan fingerprint density at radius 3 is 2.26 bits per heavy atom. The second-order valence-electron chi connectivity index (χ2n) is 9.53. The molecule has 0 amide bonds. The van der Waals surface area contributed by atoms with E-state index >= 15 is 0 Å². The summed E-state index contributed by atoms with van der Waals surface area (Å²) in [6.07, 6.45) is 7.90. The summed E-state index contributed by atoms with van der Waals surface area (Å²) in [4.78, 5) is 2.11. The largest absolute Gasteiger partial charge is 0.395 e. The fourth-order valence-corrected chi connectivity index (χ4v) is 6.45. The Balaban J connectivity index is 1.23. The zero-order valence-electron chi connectivity index (χ0n) is 16.4. The van der Waals surface area contributed by atoms with Crippen molar-refractivity contribution in [1.29, 1.82) is 0 Å². The lowest BCUT2D eigenvalue weighted by molar-refractivity contribution is -0.107.